The highest BCUT2D eigenvalue weighted by molar-refractivity contribution is 5.63. The van der Waals surface area contributed by atoms with E-state index in [4.69, 9.17) is 5.73 Å². The molecule has 2 aromatic rings. The van der Waals surface area contributed by atoms with E-state index >= 15 is 0 Å². The third kappa shape index (κ3) is 3.60. The van der Waals surface area contributed by atoms with Crippen molar-refractivity contribution in [1.29, 1.82) is 0 Å². The molecule has 22 heavy (non-hydrogen) atoms. The Kier molecular flexibility index (Phi) is 4.64. The average Bonchev–Trinajstić information content (AvgIpc) is 2.57. The molecule has 0 atom stereocenters. The van der Waals surface area contributed by atoms with Crippen LogP contribution in [-0.2, 0) is 6.54 Å². The van der Waals surface area contributed by atoms with Crippen LogP contribution in [-0.4, -0.2) is 13.1 Å². The molecule has 3 nitrogen and oxygen atoms in total. The van der Waals surface area contributed by atoms with Gasteiger partial charge in [-0.1, -0.05) is 19.1 Å². The summed E-state index contributed by atoms with van der Waals surface area (Å²) in [7, 11) is 0. The minimum Gasteiger partial charge on any atom is -0.372 e. The predicted octanol–water partition coefficient (Wildman–Crippen LogP) is 4.13. The van der Waals surface area contributed by atoms with Crippen LogP contribution >= 0.6 is 0 Å². The van der Waals surface area contributed by atoms with Crippen molar-refractivity contribution < 1.29 is 0 Å². The molecule has 3 heteroatoms. The second kappa shape index (κ2) is 6.84. The maximum absolute atomic E-state index is 5.62. The number of nitrogens with zero attached hydrogens (tertiary/aromatic N) is 1. The average molecular weight is 295 g/mol. The molecular weight excluding hydrogens is 270 g/mol. The van der Waals surface area contributed by atoms with Gasteiger partial charge in [-0.3, -0.25) is 0 Å². The molecule has 0 radical (unpaired) electrons. The van der Waals surface area contributed by atoms with Gasteiger partial charge >= 0.3 is 0 Å². The summed E-state index contributed by atoms with van der Waals surface area (Å²) in [6.45, 7) is 5.28. The minimum absolute atomic E-state index is 0.587. The molecule has 1 heterocycles. The van der Waals surface area contributed by atoms with E-state index in [0.29, 0.717) is 6.54 Å². The van der Waals surface area contributed by atoms with E-state index in [1.54, 1.807) is 0 Å². The number of nitrogens with two attached hydrogens (primary N) is 1. The molecule has 0 aliphatic carbocycles. The molecular formula is C19H25N3. The molecule has 0 amide bonds. The first kappa shape index (κ1) is 14.9. The molecule has 0 spiro atoms. The SMILES string of the molecule is CC1CCN(c2ccc(Nc3ccc(CN)cc3)cc2)CC1. The van der Waals surface area contributed by atoms with Crippen molar-refractivity contribution in [3.63, 3.8) is 0 Å². The summed E-state index contributed by atoms with van der Waals surface area (Å²) in [5, 5.41) is 3.43. The highest BCUT2D eigenvalue weighted by Crippen LogP contribution is 2.25. The van der Waals surface area contributed by atoms with Crippen LogP contribution in [0.15, 0.2) is 48.5 Å². The van der Waals surface area contributed by atoms with Gasteiger partial charge in [-0.15, -0.1) is 0 Å². The molecule has 2 aromatic carbocycles. The Morgan fingerprint density at radius 3 is 2.05 bits per heavy atom. The standard InChI is InChI=1S/C19H25N3/c1-15-10-12-22(13-11-15)19-8-6-18(7-9-19)21-17-4-2-16(14-20)3-5-17/h2-9,15,21H,10-14,20H2,1H3. The lowest BCUT2D eigenvalue weighted by atomic mass is 9.99. The van der Waals surface area contributed by atoms with Gasteiger partial charge in [-0.05, 0) is 60.7 Å². The third-order valence-electron chi connectivity index (χ3n) is 4.49. The smallest absolute Gasteiger partial charge is 0.0385 e. The Balaban J connectivity index is 1.63. The molecule has 1 saturated heterocycles. The first-order valence-corrected chi connectivity index (χ1v) is 8.15. The summed E-state index contributed by atoms with van der Waals surface area (Å²) in [4.78, 5) is 2.49. The van der Waals surface area contributed by atoms with Gasteiger partial charge in [0.05, 0.1) is 0 Å². The van der Waals surface area contributed by atoms with Crippen LogP contribution in [0.1, 0.15) is 25.3 Å². The number of anilines is 3. The number of piperidine rings is 1. The van der Waals surface area contributed by atoms with Gasteiger partial charge < -0.3 is 16.0 Å². The van der Waals surface area contributed by atoms with Crippen molar-refractivity contribution in [2.24, 2.45) is 11.7 Å². The Bertz CT molecular complexity index is 581. The van der Waals surface area contributed by atoms with Gasteiger partial charge in [0.2, 0.25) is 0 Å². The Hall–Kier alpha value is -2.00. The highest BCUT2D eigenvalue weighted by atomic mass is 15.1. The normalized spacial score (nSPS) is 15.8. The van der Waals surface area contributed by atoms with Gasteiger partial charge in [-0.25, -0.2) is 0 Å². The second-order valence-electron chi connectivity index (χ2n) is 6.24. The Morgan fingerprint density at radius 1 is 0.955 bits per heavy atom. The van der Waals surface area contributed by atoms with Crippen LogP contribution < -0.4 is 16.0 Å². The molecule has 116 valence electrons. The largest absolute Gasteiger partial charge is 0.372 e. The zero-order chi connectivity index (χ0) is 15.4. The first-order chi connectivity index (χ1) is 10.7. The molecule has 1 aliphatic heterocycles. The summed E-state index contributed by atoms with van der Waals surface area (Å²) in [5.41, 5.74) is 10.3. The van der Waals surface area contributed by atoms with Gasteiger partial charge in [0.25, 0.3) is 0 Å². The fourth-order valence-corrected chi connectivity index (χ4v) is 2.91. The topological polar surface area (TPSA) is 41.3 Å². The highest BCUT2D eigenvalue weighted by Gasteiger charge is 2.15. The quantitative estimate of drug-likeness (QED) is 0.891. The van der Waals surface area contributed by atoms with Crippen molar-refractivity contribution in [1.82, 2.24) is 0 Å². The van der Waals surface area contributed by atoms with E-state index in [2.05, 4.69) is 65.7 Å². The summed E-state index contributed by atoms with van der Waals surface area (Å²) in [6.07, 6.45) is 2.60. The molecule has 1 fully saturated rings. The van der Waals surface area contributed by atoms with Gasteiger partial charge in [-0.2, -0.15) is 0 Å². The monoisotopic (exact) mass is 295 g/mol. The fourth-order valence-electron chi connectivity index (χ4n) is 2.91. The minimum atomic E-state index is 0.587. The lowest BCUT2D eigenvalue weighted by Gasteiger charge is -2.32. The van der Waals surface area contributed by atoms with Crippen LogP contribution in [0.2, 0.25) is 0 Å². The van der Waals surface area contributed by atoms with E-state index in [1.807, 2.05) is 0 Å². The van der Waals surface area contributed by atoms with Crippen LogP contribution in [0.3, 0.4) is 0 Å². The zero-order valence-electron chi connectivity index (χ0n) is 13.3. The number of hydrogen-bond donors (Lipinski definition) is 2. The fraction of sp³-hybridized carbons (Fsp3) is 0.368. The Morgan fingerprint density at radius 2 is 1.50 bits per heavy atom. The van der Waals surface area contributed by atoms with Gasteiger partial charge in [0.15, 0.2) is 0 Å². The molecule has 0 bridgehead atoms. The van der Waals surface area contributed by atoms with E-state index in [9.17, 15) is 0 Å². The zero-order valence-corrected chi connectivity index (χ0v) is 13.3. The summed E-state index contributed by atoms with van der Waals surface area (Å²) < 4.78 is 0. The van der Waals surface area contributed by atoms with Crippen LogP contribution in [0.25, 0.3) is 0 Å². The molecule has 0 aromatic heterocycles. The van der Waals surface area contributed by atoms with E-state index in [-0.39, 0.29) is 0 Å². The van der Waals surface area contributed by atoms with Crippen molar-refractivity contribution >= 4 is 17.1 Å². The van der Waals surface area contributed by atoms with Crippen molar-refractivity contribution in [3.8, 4) is 0 Å². The molecule has 0 saturated carbocycles. The summed E-state index contributed by atoms with van der Waals surface area (Å²) in [6, 6.07) is 17.0. The van der Waals surface area contributed by atoms with Crippen molar-refractivity contribution in [2.75, 3.05) is 23.3 Å². The number of benzene rings is 2. The lowest BCUT2D eigenvalue weighted by molar-refractivity contribution is 0.438. The van der Waals surface area contributed by atoms with Crippen molar-refractivity contribution in [3.05, 3.63) is 54.1 Å². The number of hydrogen-bond acceptors (Lipinski definition) is 3. The van der Waals surface area contributed by atoms with Crippen LogP contribution in [0.4, 0.5) is 17.1 Å². The van der Waals surface area contributed by atoms with Gasteiger partial charge in [0, 0.05) is 36.7 Å². The maximum atomic E-state index is 5.62. The first-order valence-electron chi connectivity index (χ1n) is 8.15. The van der Waals surface area contributed by atoms with Crippen LogP contribution in [0.5, 0.6) is 0 Å². The molecule has 1 aliphatic rings. The summed E-state index contributed by atoms with van der Waals surface area (Å²) >= 11 is 0. The van der Waals surface area contributed by atoms with Gasteiger partial charge in [0.1, 0.15) is 0 Å². The van der Waals surface area contributed by atoms with E-state index in [1.165, 1.54) is 31.6 Å². The van der Waals surface area contributed by atoms with E-state index < -0.39 is 0 Å². The molecule has 0 unspecified atom stereocenters. The lowest BCUT2D eigenvalue weighted by Crippen LogP contribution is -2.32. The van der Waals surface area contributed by atoms with Crippen LogP contribution in [0, 0.1) is 5.92 Å². The van der Waals surface area contributed by atoms with E-state index in [0.717, 1.165) is 22.9 Å². The maximum Gasteiger partial charge on any atom is 0.0385 e. The second-order valence-corrected chi connectivity index (χ2v) is 6.24. The van der Waals surface area contributed by atoms with Crippen molar-refractivity contribution in [2.45, 2.75) is 26.3 Å². The summed E-state index contributed by atoms with van der Waals surface area (Å²) in [5.74, 6) is 0.869. The molecule has 3 rings (SSSR count). The Labute approximate surface area is 133 Å². The number of rotatable bonds is 4. The third-order valence-corrected chi connectivity index (χ3v) is 4.49. The number of nitrogens with one attached hydrogen (secondary N) is 1. The predicted molar refractivity (Wildman–Crippen MR) is 94.7 cm³/mol. The molecule has 3 N–H and O–H groups in total.